The molecule has 0 spiro atoms. The molecule has 0 bridgehead atoms. The second-order valence-corrected chi connectivity index (χ2v) is 7.44. The van der Waals surface area contributed by atoms with Gasteiger partial charge in [0.25, 0.3) is 0 Å². The van der Waals surface area contributed by atoms with Gasteiger partial charge in [-0.1, -0.05) is 24.3 Å². The average Bonchev–Trinajstić information content (AvgIpc) is 2.78. The summed E-state index contributed by atoms with van der Waals surface area (Å²) in [6.45, 7) is 2.79. The van der Waals surface area contributed by atoms with Crippen molar-refractivity contribution in [2.45, 2.75) is 12.5 Å². The Bertz CT molecular complexity index is 899. The third-order valence-corrected chi connectivity index (χ3v) is 5.16. The van der Waals surface area contributed by atoms with Gasteiger partial charge in [0, 0.05) is 32.7 Å². The Balaban J connectivity index is 1.42. The Morgan fingerprint density at radius 1 is 1.10 bits per heavy atom. The number of benzene rings is 2. The molecule has 0 aliphatic carbocycles. The van der Waals surface area contributed by atoms with Crippen molar-refractivity contribution in [3.05, 3.63) is 65.5 Å². The van der Waals surface area contributed by atoms with Crippen LogP contribution in [0, 0.1) is 5.82 Å². The Hall–Kier alpha value is -2.97. The molecule has 166 valence electrons. The van der Waals surface area contributed by atoms with Crippen LogP contribution in [0.25, 0.3) is 0 Å². The maximum atomic E-state index is 13.3. The lowest BCUT2D eigenvalue weighted by atomic mass is 10.1. The highest BCUT2D eigenvalue weighted by Crippen LogP contribution is 2.19. The molecule has 1 aliphatic heterocycles. The fraction of sp³-hybridized carbons (Fsp3) is 0.391. The normalized spacial score (nSPS) is 15.4. The van der Waals surface area contributed by atoms with E-state index in [4.69, 9.17) is 9.47 Å². The van der Waals surface area contributed by atoms with Gasteiger partial charge in [-0.05, 0) is 29.8 Å². The zero-order chi connectivity index (χ0) is 22.2. The summed E-state index contributed by atoms with van der Waals surface area (Å²) in [6.07, 6.45) is -0.575. The first kappa shape index (κ1) is 22.7. The minimum atomic E-state index is -0.750. The Kier molecular flexibility index (Phi) is 7.97. The number of hydrogen-bond acceptors (Lipinski definition) is 6. The molecule has 2 aromatic carbocycles. The number of nitrogens with zero attached hydrogens (tertiary/aromatic N) is 2. The number of rotatable bonds is 8. The quantitative estimate of drug-likeness (QED) is 0.643. The molecule has 2 aromatic rings. The van der Waals surface area contributed by atoms with E-state index in [1.54, 1.807) is 41.3 Å². The van der Waals surface area contributed by atoms with Crippen molar-refractivity contribution in [3.8, 4) is 5.75 Å². The highest BCUT2D eigenvalue weighted by Gasteiger charge is 2.23. The van der Waals surface area contributed by atoms with Gasteiger partial charge in [0.15, 0.2) is 0 Å². The van der Waals surface area contributed by atoms with Crippen LogP contribution in [0.2, 0.25) is 0 Å². The van der Waals surface area contributed by atoms with Crippen LogP contribution in [0.5, 0.6) is 5.75 Å². The summed E-state index contributed by atoms with van der Waals surface area (Å²) in [5.41, 5.74) is 0.967. The number of methoxy groups -OCH3 is 1. The summed E-state index contributed by atoms with van der Waals surface area (Å²) in [4.78, 5) is 28.1. The van der Waals surface area contributed by atoms with Crippen LogP contribution >= 0.6 is 0 Å². The van der Waals surface area contributed by atoms with Gasteiger partial charge in [-0.15, -0.1) is 0 Å². The van der Waals surface area contributed by atoms with E-state index in [0.717, 1.165) is 0 Å². The number of piperazine rings is 1. The van der Waals surface area contributed by atoms with Crippen molar-refractivity contribution in [1.29, 1.82) is 0 Å². The molecule has 1 heterocycles. The zero-order valence-corrected chi connectivity index (χ0v) is 17.5. The predicted molar refractivity (Wildman–Crippen MR) is 112 cm³/mol. The van der Waals surface area contributed by atoms with Gasteiger partial charge in [-0.2, -0.15) is 0 Å². The molecule has 0 radical (unpaired) electrons. The third-order valence-electron chi connectivity index (χ3n) is 5.16. The van der Waals surface area contributed by atoms with E-state index < -0.39 is 12.1 Å². The number of ether oxygens (including phenoxy) is 2. The molecular weight excluding hydrogens is 403 g/mol. The molecule has 1 aliphatic rings. The van der Waals surface area contributed by atoms with Crippen LogP contribution in [0.1, 0.15) is 15.9 Å². The lowest BCUT2D eigenvalue weighted by Gasteiger charge is -2.35. The van der Waals surface area contributed by atoms with Crippen LogP contribution in [0.4, 0.5) is 4.39 Å². The lowest BCUT2D eigenvalue weighted by molar-refractivity contribution is -0.132. The van der Waals surface area contributed by atoms with E-state index in [9.17, 15) is 19.1 Å². The number of aliphatic hydroxyl groups excluding tert-OH is 1. The molecule has 3 rings (SSSR count). The van der Waals surface area contributed by atoms with E-state index >= 15 is 0 Å². The molecule has 1 atom stereocenters. The van der Waals surface area contributed by atoms with Gasteiger partial charge in [-0.3, -0.25) is 9.69 Å². The van der Waals surface area contributed by atoms with Crippen molar-refractivity contribution in [2.24, 2.45) is 0 Å². The standard InChI is InChI=1S/C23H27FN2O5/c1-30-23(29)20-7-2-3-8-21(20)31-16-19(27)15-25-9-11-26(12-10-25)22(28)14-17-5-4-6-18(24)13-17/h2-8,13,19,27H,9-12,14-16H2,1H3. The summed E-state index contributed by atoms with van der Waals surface area (Å²) in [6, 6.07) is 12.8. The summed E-state index contributed by atoms with van der Waals surface area (Å²) < 4.78 is 23.7. The fourth-order valence-electron chi connectivity index (χ4n) is 3.52. The summed E-state index contributed by atoms with van der Waals surface area (Å²) in [5, 5.41) is 10.3. The molecule has 0 saturated carbocycles. The molecule has 31 heavy (non-hydrogen) atoms. The van der Waals surface area contributed by atoms with Gasteiger partial charge in [-0.25, -0.2) is 9.18 Å². The molecule has 1 saturated heterocycles. The van der Waals surface area contributed by atoms with Gasteiger partial charge >= 0.3 is 5.97 Å². The summed E-state index contributed by atoms with van der Waals surface area (Å²) >= 11 is 0. The second kappa shape index (κ2) is 10.9. The summed E-state index contributed by atoms with van der Waals surface area (Å²) in [5.74, 6) is -0.514. The number of amides is 1. The minimum absolute atomic E-state index is 0.0338. The molecule has 1 unspecified atom stereocenters. The number of carbonyl (C=O) groups excluding carboxylic acids is 2. The van der Waals surface area contributed by atoms with E-state index in [-0.39, 0.29) is 24.8 Å². The Labute approximate surface area is 181 Å². The summed E-state index contributed by atoms with van der Waals surface area (Å²) in [7, 11) is 1.30. The van der Waals surface area contributed by atoms with E-state index in [1.807, 2.05) is 0 Å². The van der Waals surface area contributed by atoms with Gasteiger partial charge < -0.3 is 19.5 Å². The van der Waals surface area contributed by atoms with Crippen LogP contribution < -0.4 is 4.74 Å². The molecule has 7 nitrogen and oxygen atoms in total. The minimum Gasteiger partial charge on any atom is -0.490 e. The van der Waals surface area contributed by atoms with Crippen molar-refractivity contribution in [3.63, 3.8) is 0 Å². The number of β-amino-alcohol motifs (C(OH)–C–C–N with tert-alkyl or cyclic N) is 1. The smallest absolute Gasteiger partial charge is 0.341 e. The zero-order valence-electron chi connectivity index (χ0n) is 17.5. The van der Waals surface area contributed by atoms with Gasteiger partial charge in [0.1, 0.15) is 29.8 Å². The monoisotopic (exact) mass is 430 g/mol. The maximum Gasteiger partial charge on any atom is 0.341 e. The number of esters is 1. The first-order valence-corrected chi connectivity index (χ1v) is 10.2. The topological polar surface area (TPSA) is 79.3 Å². The predicted octanol–water partition coefficient (Wildman–Crippen LogP) is 1.74. The van der Waals surface area contributed by atoms with Crippen molar-refractivity contribution >= 4 is 11.9 Å². The average molecular weight is 430 g/mol. The van der Waals surface area contributed by atoms with Crippen LogP contribution in [-0.2, 0) is 16.0 Å². The van der Waals surface area contributed by atoms with Crippen LogP contribution in [0.15, 0.2) is 48.5 Å². The van der Waals surface area contributed by atoms with E-state index in [0.29, 0.717) is 49.6 Å². The molecule has 1 fully saturated rings. The fourth-order valence-corrected chi connectivity index (χ4v) is 3.52. The number of aliphatic hydroxyl groups is 1. The number of para-hydroxylation sites is 1. The number of halogens is 1. The largest absolute Gasteiger partial charge is 0.490 e. The second-order valence-electron chi connectivity index (χ2n) is 7.44. The molecule has 8 heteroatoms. The van der Waals surface area contributed by atoms with Crippen molar-refractivity contribution in [2.75, 3.05) is 46.4 Å². The third kappa shape index (κ3) is 6.50. The Morgan fingerprint density at radius 2 is 1.84 bits per heavy atom. The van der Waals surface area contributed by atoms with Gasteiger partial charge in [0.2, 0.25) is 5.91 Å². The lowest BCUT2D eigenvalue weighted by Crippen LogP contribution is -2.51. The van der Waals surface area contributed by atoms with Crippen molar-refractivity contribution < 1.29 is 28.6 Å². The highest BCUT2D eigenvalue weighted by molar-refractivity contribution is 5.92. The molecular formula is C23H27FN2O5. The highest BCUT2D eigenvalue weighted by atomic mass is 19.1. The Morgan fingerprint density at radius 3 is 2.55 bits per heavy atom. The van der Waals surface area contributed by atoms with Crippen LogP contribution in [-0.4, -0.2) is 79.3 Å². The number of hydrogen-bond donors (Lipinski definition) is 1. The maximum absolute atomic E-state index is 13.3. The van der Waals surface area contributed by atoms with Crippen LogP contribution in [0.3, 0.4) is 0 Å². The first-order valence-electron chi connectivity index (χ1n) is 10.2. The number of carbonyl (C=O) groups is 2. The SMILES string of the molecule is COC(=O)c1ccccc1OCC(O)CN1CCN(C(=O)Cc2cccc(F)c2)CC1. The first-order chi connectivity index (χ1) is 15.0. The molecule has 1 N–H and O–H groups in total. The molecule has 0 aromatic heterocycles. The van der Waals surface area contributed by atoms with E-state index in [2.05, 4.69) is 4.90 Å². The van der Waals surface area contributed by atoms with E-state index in [1.165, 1.54) is 19.2 Å². The van der Waals surface area contributed by atoms with Crippen molar-refractivity contribution in [1.82, 2.24) is 9.80 Å². The van der Waals surface area contributed by atoms with Gasteiger partial charge in [0.05, 0.1) is 13.5 Å². The molecule has 1 amide bonds.